The summed E-state index contributed by atoms with van der Waals surface area (Å²) in [6.07, 6.45) is 0. The van der Waals surface area contributed by atoms with Gasteiger partial charge in [0.25, 0.3) is 0 Å². The molecule has 3 nitrogen and oxygen atoms in total. The molecule has 0 saturated carbocycles. The molecule has 0 atom stereocenters. The minimum absolute atomic E-state index is 0.349. The first-order chi connectivity index (χ1) is 6.56. The zero-order valence-electron chi connectivity index (χ0n) is 7.51. The first-order valence-corrected chi connectivity index (χ1v) is 5.85. The molecule has 2 N–H and O–H groups in total. The average Bonchev–Trinajstić information content (AvgIpc) is 2.11. The SMILES string of the molecule is CCOC(=O)c1cc(I)cc(Br)c1N. The predicted octanol–water partition coefficient (Wildman–Crippen LogP) is 2.81. The number of hydrogen-bond acceptors (Lipinski definition) is 3. The molecule has 0 unspecified atom stereocenters. The summed E-state index contributed by atoms with van der Waals surface area (Å²) in [5.74, 6) is -0.385. The van der Waals surface area contributed by atoms with E-state index in [1.807, 2.05) is 6.07 Å². The fraction of sp³-hybridized carbons (Fsp3) is 0.222. The number of rotatable bonds is 2. The summed E-state index contributed by atoms with van der Waals surface area (Å²) >= 11 is 5.39. The van der Waals surface area contributed by atoms with Crippen LogP contribution in [0.25, 0.3) is 0 Å². The molecular weight excluding hydrogens is 361 g/mol. The lowest BCUT2D eigenvalue weighted by atomic mass is 10.2. The fourth-order valence-corrected chi connectivity index (χ4v) is 2.47. The van der Waals surface area contributed by atoms with E-state index in [1.54, 1.807) is 13.0 Å². The summed E-state index contributed by atoms with van der Waals surface area (Å²) in [6.45, 7) is 2.11. The van der Waals surface area contributed by atoms with Crippen molar-refractivity contribution in [1.29, 1.82) is 0 Å². The van der Waals surface area contributed by atoms with Gasteiger partial charge in [-0.1, -0.05) is 0 Å². The van der Waals surface area contributed by atoms with Crippen molar-refractivity contribution in [2.45, 2.75) is 6.92 Å². The zero-order valence-corrected chi connectivity index (χ0v) is 11.3. The van der Waals surface area contributed by atoms with E-state index in [9.17, 15) is 4.79 Å². The lowest BCUT2D eigenvalue weighted by molar-refractivity contribution is 0.0527. The van der Waals surface area contributed by atoms with Crippen LogP contribution >= 0.6 is 38.5 Å². The second kappa shape index (κ2) is 4.97. The van der Waals surface area contributed by atoms with Crippen molar-refractivity contribution in [2.24, 2.45) is 0 Å². The van der Waals surface area contributed by atoms with Crippen LogP contribution in [0.5, 0.6) is 0 Å². The minimum Gasteiger partial charge on any atom is -0.462 e. The van der Waals surface area contributed by atoms with E-state index in [0.717, 1.165) is 3.57 Å². The molecule has 1 aromatic rings. The maximum atomic E-state index is 11.4. The molecular formula is C9H9BrINO2. The molecule has 1 aromatic carbocycles. The van der Waals surface area contributed by atoms with E-state index in [-0.39, 0.29) is 5.97 Å². The molecule has 76 valence electrons. The van der Waals surface area contributed by atoms with Gasteiger partial charge in [0.1, 0.15) is 0 Å². The van der Waals surface area contributed by atoms with Crippen LogP contribution in [0.15, 0.2) is 16.6 Å². The summed E-state index contributed by atoms with van der Waals surface area (Å²) in [5.41, 5.74) is 6.56. The molecule has 0 amide bonds. The second-order valence-corrected chi connectivity index (χ2v) is 4.67. The Labute approximate surface area is 104 Å². The number of benzene rings is 1. The highest BCUT2D eigenvalue weighted by atomic mass is 127. The monoisotopic (exact) mass is 369 g/mol. The molecule has 0 aliphatic rings. The third kappa shape index (κ3) is 2.60. The Morgan fingerprint density at radius 2 is 2.29 bits per heavy atom. The van der Waals surface area contributed by atoms with Crippen molar-refractivity contribution in [1.82, 2.24) is 0 Å². The van der Waals surface area contributed by atoms with Crippen molar-refractivity contribution >= 4 is 50.2 Å². The maximum Gasteiger partial charge on any atom is 0.340 e. The topological polar surface area (TPSA) is 52.3 Å². The molecule has 14 heavy (non-hydrogen) atoms. The van der Waals surface area contributed by atoms with Crippen LogP contribution in [0, 0.1) is 3.57 Å². The molecule has 0 aliphatic heterocycles. The van der Waals surface area contributed by atoms with E-state index in [2.05, 4.69) is 38.5 Å². The molecule has 0 aliphatic carbocycles. The van der Waals surface area contributed by atoms with E-state index in [4.69, 9.17) is 10.5 Å². The van der Waals surface area contributed by atoms with Crippen LogP contribution in [0.2, 0.25) is 0 Å². The van der Waals surface area contributed by atoms with Gasteiger partial charge in [0, 0.05) is 8.04 Å². The lowest BCUT2D eigenvalue weighted by Gasteiger charge is -2.07. The number of esters is 1. The Morgan fingerprint density at radius 1 is 1.64 bits per heavy atom. The van der Waals surface area contributed by atoms with Gasteiger partial charge in [-0.05, 0) is 57.6 Å². The number of nitrogen functional groups attached to an aromatic ring is 1. The standard InChI is InChI=1S/C9H9BrINO2/c1-2-14-9(13)6-3-5(11)4-7(10)8(6)12/h3-4H,2,12H2,1H3. The molecule has 0 radical (unpaired) electrons. The van der Waals surface area contributed by atoms with E-state index in [1.165, 1.54) is 0 Å². The van der Waals surface area contributed by atoms with Crippen molar-refractivity contribution in [3.63, 3.8) is 0 Å². The van der Waals surface area contributed by atoms with Crippen molar-refractivity contribution in [2.75, 3.05) is 12.3 Å². The number of carbonyl (C=O) groups is 1. The lowest BCUT2D eigenvalue weighted by Crippen LogP contribution is -2.08. The number of carbonyl (C=O) groups excluding carboxylic acids is 1. The summed E-state index contributed by atoms with van der Waals surface area (Å²) in [7, 11) is 0. The number of anilines is 1. The van der Waals surface area contributed by atoms with Gasteiger partial charge >= 0.3 is 5.97 Å². The highest BCUT2D eigenvalue weighted by molar-refractivity contribution is 14.1. The Bertz CT molecular complexity index is 368. The van der Waals surface area contributed by atoms with Gasteiger partial charge in [0.15, 0.2) is 0 Å². The molecule has 0 spiro atoms. The van der Waals surface area contributed by atoms with Crippen LogP contribution in [0.3, 0.4) is 0 Å². The highest BCUT2D eigenvalue weighted by Gasteiger charge is 2.13. The van der Waals surface area contributed by atoms with Crippen molar-refractivity contribution in [3.8, 4) is 0 Å². The van der Waals surface area contributed by atoms with Gasteiger partial charge < -0.3 is 10.5 Å². The molecule has 0 heterocycles. The Kier molecular flexibility index (Phi) is 4.18. The van der Waals surface area contributed by atoms with Crippen molar-refractivity contribution < 1.29 is 9.53 Å². The summed E-state index contributed by atoms with van der Waals surface area (Å²) in [5, 5.41) is 0. The van der Waals surface area contributed by atoms with Gasteiger partial charge in [-0.2, -0.15) is 0 Å². The number of hydrogen-bond donors (Lipinski definition) is 1. The first kappa shape index (κ1) is 11.8. The second-order valence-electron chi connectivity index (χ2n) is 2.57. The van der Waals surface area contributed by atoms with Gasteiger partial charge in [0.05, 0.1) is 17.9 Å². The summed E-state index contributed by atoms with van der Waals surface area (Å²) < 4.78 is 6.53. The largest absolute Gasteiger partial charge is 0.462 e. The third-order valence-corrected chi connectivity index (χ3v) is 2.87. The molecule has 0 aromatic heterocycles. The Balaban J connectivity index is 3.13. The summed E-state index contributed by atoms with van der Waals surface area (Å²) in [6, 6.07) is 3.55. The summed E-state index contributed by atoms with van der Waals surface area (Å²) in [4.78, 5) is 11.4. The fourth-order valence-electron chi connectivity index (χ4n) is 0.962. The van der Waals surface area contributed by atoms with Crippen molar-refractivity contribution in [3.05, 3.63) is 25.7 Å². The number of halogens is 2. The number of nitrogens with two attached hydrogens (primary N) is 1. The van der Waals surface area contributed by atoms with Gasteiger partial charge in [0.2, 0.25) is 0 Å². The molecule has 0 fully saturated rings. The van der Waals surface area contributed by atoms with E-state index >= 15 is 0 Å². The normalized spacial score (nSPS) is 9.93. The quantitative estimate of drug-likeness (QED) is 0.495. The smallest absolute Gasteiger partial charge is 0.340 e. The molecule has 0 saturated heterocycles. The zero-order chi connectivity index (χ0) is 10.7. The van der Waals surface area contributed by atoms with Gasteiger partial charge in [-0.3, -0.25) is 0 Å². The molecule has 5 heteroatoms. The number of ether oxygens (including phenoxy) is 1. The Morgan fingerprint density at radius 3 is 2.86 bits per heavy atom. The Hall–Kier alpha value is -0.300. The first-order valence-electron chi connectivity index (χ1n) is 3.98. The van der Waals surface area contributed by atoms with Crippen LogP contribution in [0.4, 0.5) is 5.69 Å². The van der Waals surface area contributed by atoms with E-state index < -0.39 is 0 Å². The van der Waals surface area contributed by atoms with Crippen LogP contribution in [-0.4, -0.2) is 12.6 Å². The average molecular weight is 370 g/mol. The van der Waals surface area contributed by atoms with Crippen LogP contribution in [0.1, 0.15) is 17.3 Å². The molecule has 1 rings (SSSR count). The predicted molar refractivity (Wildman–Crippen MR) is 67.2 cm³/mol. The van der Waals surface area contributed by atoms with Crippen LogP contribution in [-0.2, 0) is 4.74 Å². The van der Waals surface area contributed by atoms with Gasteiger partial charge in [-0.25, -0.2) is 4.79 Å². The maximum absolute atomic E-state index is 11.4. The molecule has 0 bridgehead atoms. The van der Waals surface area contributed by atoms with Crippen LogP contribution < -0.4 is 5.73 Å². The van der Waals surface area contributed by atoms with Gasteiger partial charge in [-0.15, -0.1) is 0 Å². The van der Waals surface area contributed by atoms with E-state index in [0.29, 0.717) is 22.3 Å². The minimum atomic E-state index is -0.385. The third-order valence-electron chi connectivity index (χ3n) is 1.59. The highest BCUT2D eigenvalue weighted by Crippen LogP contribution is 2.26.